The van der Waals surface area contributed by atoms with Crippen molar-refractivity contribution in [2.24, 2.45) is 28.6 Å². The fourth-order valence-electron chi connectivity index (χ4n) is 5.71. The van der Waals surface area contributed by atoms with Gasteiger partial charge in [-0.15, -0.1) is 0 Å². The topological polar surface area (TPSA) is 83.8 Å². The van der Waals surface area contributed by atoms with Gasteiger partial charge in [-0.1, -0.05) is 25.5 Å². The molecule has 0 unspecified atom stereocenters. The molecule has 3 aliphatic carbocycles. The van der Waals surface area contributed by atoms with Gasteiger partial charge in [-0.3, -0.25) is 9.59 Å². The maximum absolute atomic E-state index is 12.3. The van der Waals surface area contributed by atoms with Crippen LogP contribution in [-0.2, 0) is 14.3 Å². The molecule has 0 amide bonds. The molecule has 6 atom stereocenters. The average Bonchev–Trinajstić information content (AvgIpc) is 2.58. The highest BCUT2D eigenvalue weighted by Crippen LogP contribution is 2.56. The largest absolute Gasteiger partial charge is 0.463 e. The molecule has 0 radical (unpaired) electrons. The zero-order chi connectivity index (χ0) is 19.1. The lowest BCUT2D eigenvalue weighted by Gasteiger charge is -2.53. The van der Waals surface area contributed by atoms with Gasteiger partial charge in [-0.05, 0) is 43.4 Å². The Hall–Kier alpha value is -1.20. The number of carbonyl (C=O) groups excluding carboxylic acids is 2. The number of ether oxygens (including phenoxy) is 1. The lowest BCUT2D eigenvalue weighted by Crippen LogP contribution is -2.49. The van der Waals surface area contributed by atoms with E-state index < -0.39 is 11.5 Å². The minimum absolute atomic E-state index is 0.0212. The molecular weight excluding hydrogens is 332 g/mol. The van der Waals surface area contributed by atoms with E-state index in [1.165, 1.54) is 12.5 Å². The van der Waals surface area contributed by atoms with Crippen LogP contribution in [0.1, 0.15) is 59.3 Å². The molecule has 146 valence electrons. The second-order valence-corrected chi connectivity index (χ2v) is 9.23. The summed E-state index contributed by atoms with van der Waals surface area (Å²) in [7, 11) is 0. The quantitative estimate of drug-likeness (QED) is 0.592. The molecule has 0 aliphatic heterocycles. The van der Waals surface area contributed by atoms with Crippen molar-refractivity contribution >= 4 is 11.8 Å². The van der Waals surface area contributed by atoms with Gasteiger partial charge in [0.25, 0.3) is 0 Å². The van der Waals surface area contributed by atoms with Crippen molar-refractivity contribution in [2.45, 2.75) is 65.4 Å². The molecule has 2 fully saturated rings. The SMILES string of the molecule is CC(=O)OC[C@@H](O)[C@]1(C)C=C2CC[C@@H]3[C@@H](CC(=O)C[C@@]3(C)CO)[C@H]2CC1. The lowest BCUT2D eigenvalue weighted by atomic mass is 9.51. The highest BCUT2D eigenvalue weighted by Gasteiger charge is 2.51. The molecule has 5 heteroatoms. The van der Waals surface area contributed by atoms with Crippen LogP contribution in [0.15, 0.2) is 11.6 Å². The van der Waals surface area contributed by atoms with Crippen molar-refractivity contribution in [3.63, 3.8) is 0 Å². The predicted octanol–water partition coefficient (Wildman–Crippen LogP) is 2.64. The van der Waals surface area contributed by atoms with Crippen LogP contribution in [0.5, 0.6) is 0 Å². The Morgan fingerprint density at radius 2 is 2.12 bits per heavy atom. The zero-order valence-corrected chi connectivity index (χ0v) is 16.2. The summed E-state index contributed by atoms with van der Waals surface area (Å²) in [5.74, 6) is 0.967. The molecule has 5 nitrogen and oxygen atoms in total. The monoisotopic (exact) mass is 364 g/mol. The van der Waals surface area contributed by atoms with Crippen molar-refractivity contribution in [3.8, 4) is 0 Å². The van der Waals surface area contributed by atoms with Gasteiger partial charge in [-0.25, -0.2) is 0 Å². The summed E-state index contributed by atoms with van der Waals surface area (Å²) >= 11 is 0. The number of Topliss-reactive ketones (excluding diaryl/α,β-unsaturated/α-hetero) is 1. The fraction of sp³-hybridized carbons (Fsp3) is 0.810. The number of rotatable bonds is 4. The highest BCUT2D eigenvalue weighted by atomic mass is 16.5. The maximum Gasteiger partial charge on any atom is 0.302 e. The van der Waals surface area contributed by atoms with Crippen molar-refractivity contribution < 1.29 is 24.5 Å². The number of allylic oxidation sites excluding steroid dienone is 1. The van der Waals surface area contributed by atoms with Crippen molar-refractivity contribution in [2.75, 3.05) is 13.2 Å². The third-order valence-corrected chi connectivity index (χ3v) is 7.29. The third-order valence-electron chi connectivity index (χ3n) is 7.29. The first-order valence-electron chi connectivity index (χ1n) is 9.84. The summed E-state index contributed by atoms with van der Waals surface area (Å²) in [5.41, 5.74) is 0.658. The first kappa shape index (κ1) is 19.6. The van der Waals surface area contributed by atoms with Crippen LogP contribution < -0.4 is 0 Å². The molecule has 3 aliphatic rings. The second kappa shape index (κ2) is 7.08. The fourth-order valence-corrected chi connectivity index (χ4v) is 5.71. The summed E-state index contributed by atoms with van der Waals surface area (Å²) in [5, 5.41) is 20.5. The third kappa shape index (κ3) is 3.48. The summed E-state index contributed by atoms with van der Waals surface area (Å²) in [6, 6.07) is 0. The number of esters is 1. The number of fused-ring (bicyclic) bond motifs is 3. The van der Waals surface area contributed by atoms with E-state index in [1.54, 1.807) is 0 Å². The van der Waals surface area contributed by atoms with Crippen LogP contribution in [-0.4, -0.2) is 41.3 Å². The Labute approximate surface area is 155 Å². The van der Waals surface area contributed by atoms with Crippen LogP contribution in [0.2, 0.25) is 0 Å². The molecular formula is C21H32O5. The van der Waals surface area contributed by atoms with Gasteiger partial charge in [0.1, 0.15) is 12.4 Å². The highest BCUT2D eigenvalue weighted by molar-refractivity contribution is 5.80. The van der Waals surface area contributed by atoms with E-state index in [0.717, 1.165) is 25.7 Å². The van der Waals surface area contributed by atoms with Gasteiger partial charge in [0, 0.05) is 37.2 Å². The number of hydrogen-bond donors (Lipinski definition) is 2. The Kier molecular flexibility index (Phi) is 5.33. The van der Waals surface area contributed by atoms with Crippen LogP contribution in [0, 0.1) is 28.6 Å². The Bertz CT molecular complexity index is 612. The normalized spacial score (nSPS) is 40.9. The van der Waals surface area contributed by atoms with E-state index in [1.807, 2.05) is 6.92 Å². The average molecular weight is 364 g/mol. The first-order valence-corrected chi connectivity index (χ1v) is 9.84. The van der Waals surface area contributed by atoms with Crippen LogP contribution in [0.3, 0.4) is 0 Å². The van der Waals surface area contributed by atoms with Crippen LogP contribution in [0.25, 0.3) is 0 Å². The molecule has 0 aromatic heterocycles. The molecule has 0 bridgehead atoms. The van der Waals surface area contributed by atoms with Crippen LogP contribution >= 0.6 is 0 Å². The Balaban J connectivity index is 1.80. The number of aliphatic hydroxyl groups excluding tert-OH is 2. The minimum atomic E-state index is -0.715. The van der Waals surface area contributed by atoms with E-state index >= 15 is 0 Å². The molecule has 0 spiro atoms. The number of carbonyl (C=O) groups is 2. The van der Waals surface area contributed by atoms with Gasteiger partial charge in [0.2, 0.25) is 0 Å². The van der Waals surface area contributed by atoms with Gasteiger partial charge in [0.15, 0.2) is 0 Å². The zero-order valence-electron chi connectivity index (χ0n) is 16.2. The van der Waals surface area contributed by atoms with Crippen LogP contribution in [0.4, 0.5) is 0 Å². The predicted molar refractivity (Wildman–Crippen MR) is 97.2 cm³/mol. The van der Waals surface area contributed by atoms with Gasteiger partial charge < -0.3 is 14.9 Å². The Morgan fingerprint density at radius 3 is 2.77 bits per heavy atom. The van der Waals surface area contributed by atoms with E-state index in [9.17, 15) is 19.8 Å². The van der Waals surface area contributed by atoms with Gasteiger partial charge in [0.05, 0.1) is 6.10 Å². The summed E-state index contributed by atoms with van der Waals surface area (Å²) in [6.07, 6.45) is 6.31. The molecule has 0 aromatic rings. The standard InChI is InChI=1S/C21H32O5/c1-13(23)26-11-19(25)20(2)7-6-16-14(9-20)4-5-18-17(16)8-15(24)10-21(18,3)12-22/h9,16-19,22,25H,4-8,10-12H2,1-3H3/t16-,17-,18+,19+,20-,21-/m0/s1. The van der Waals surface area contributed by atoms with Gasteiger partial charge in [-0.2, -0.15) is 0 Å². The van der Waals surface area contributed by atoms with E-state index in [2.05, 4.69) is 13.0 Å². The molecule has 2 N–H and O–H groups in total. The van der Waals surface area contributed by atoms with E-state index in [-0.39, 0.29) is 30.4 Å². The van der Waals surface area contributed by atoms with Crippen molar-refractivity contribution in [1.82, 2.24) is 0 Å². The van der Waals surface area contributed by atoms with Crippen molar-refractivity contribution in [1.29, 1.82) is 0 Å². The molecule has 0 saturated heterocycles. The Morgan fingerprint density at radius 1 is 1.38 bits per heavy atom. The number of ketones is 1. The molecule has 0 aromatic carbocycles. The summed E-state index contributed by atoms with van der Waals surface area (Å²) in [6.45, 7) is 5.54. The lowest BCUT2D eigenvalue weighted by molar-refractivity contribution is -0.146. The smallest absolute Gasteiger partial charge is 0.302 e. The first-order chi connectivity index (χ1) is 12.2. The summed E-state index contributed by atoms with van der Waals surface area (Å²) in [4.78, 5) is 23.4. The minimum Gasteiger partial charge on any atom is -0.463 e. The molecule has 0 heterocycles. The molecule has 3 rings (SSSR count). The number of aliphatic hydroxyl groups is 2. The van der Waals surface area contributed by atoms with E-state index in [4.69, 9.17) is 4.74 Å². The second-order valence-electron chi connectivity index (χ2n) is 9.23. The van der Waals surface area contributed by atoms with Crippen molar-refractivity contribution in [3.05, 3.63) is 11.6 Å². The maximum atomic E-state index is 12.3. The van der Waals surface area contributed by atoms with Gasteiger partial charge >= 0.3 is 5.97 Å². The molecule has 2 saturated carbocycles. The molecule has 26 heavy (non-hydrogen) atoms. The van der Waals surface area contributed by atoms with E-state index in [0.29, 0.717) is 30.6 Å². The number of hydrogen-bond acceptors (Lipinski definition) is 5. The summed E-state index contributed by atoms with van der Waals surface area (Å²) < 4.78 is 5.01.